The van der Waals surface area contributed by atoms with Gasteiger partial charge in [-0.3, -0.25) is 9.59 Å². The average Bonchev–Trinajstić information content (AvgIpc) is 2.40. The van der Waals surface area contributed by atoms with E-state index in [9.17, 15) is 9.59 Å². The molecular weight excluding hydrogens is 230 g/mol. The molecule has 0 saturated carbocycles. The van der Waals surface area contributed by atoms with Crippen molar-refractivity contribution < 1.29 is 9.59 Å². The van der Waals surface area contributed by atoms with Gasteiger partial charge >= 0.3 is 0 Å². The second-order valence-electron chi connectivity index (χ2n) is 4.62. The van der Waals surface area contributed by atoms with E-state index < -0.39 is 0 Å². The Morgan fingerprint density at radius 3 is 2.67 bits per heavy atom. The number of hydrogen-bond acceptors (Lipinski definition) is 4. The van der Waals surface area contributed by atoms with Gasteiger partial charge in [0.05, 0.1) is 5.69 Å². The maximum Gasteiger partial charge on any atom is 0.219 e. The van der Waals surface area contributed by atoms with Gasteiger partial charge in [-0.15, -0.1) is 0 Å². The Morgan fingerprint density at radius 1 is 1.39 bits per heavy atom. The lowest BCUT2D eigenvalue weighted by Crippen LogP contribution is -2.39. The fourth-order valence-corrected chi connectivity index (χ4v) is 2.26. The van der Waals surface area contributed by atoms with Crippen LogP contribution in [0.25, 0.3) is 0 Å². The number of piperidine rings is 1. The Hall–Kier alpha value is -1.78. The van der Waals surface area contributed by atoms with E-state index in [-0.39, 0.29) is 17.6 Å². The minimum Gasteiger partial charge on any atom is -0.343 e. The maximum atomic E-state index is 12.1. The van der Waals surface area contributed by atoms with Gasteiger partial charge in [0.25, 0.3) is 0 Å². The van der Waals surface area contributed by atoms with Crippen molar-refractivity contribution in [3.63, 3.8) is 0 Å². The topological polar surface area (TPSA) is 63.2 Å². The first-order valence-electron chi connectivity index (χ1n) is 6.20. The third-order valence-electron chi connectivity index (χ3n) is 3.39. The van der Waals surface area contributed by atoms with Gasteiger partial charge in [-0.1, -0.05) is 0 Å². The molecule has 5 heteroatoms. The van der Waals surface area contributed by atoms with Crippen LogP contribution in [0.2, 0.25) is 0 Å². The molecule has 0 aromatic carbocycles. The summed E-state index contributed by atoms with van der Waals surface area (Å²) in [5.41, 5.74) is 0.768. The highest BCUT2D eigenvalue weighted by atomic mass is 16.2. The second kappa shape index (κ2) is 5.71. The zero-order valence-corrected chi connectivity index (χ0v) is 10.5. The molecule has 1 saturated heterocycles. The van der Waals surface area contributed by atoms with Crippen molar-refractivity contribution in [3.05, 3.63) is 24.3 Å². The van der Waals surface area contributed by atoms with Gasteiger partial charge in [-0.2, -0.15) is 0 Å². The largest absolute Gasteiger partial charge is 0.343 e. The molecule has 1 aromatic heterocycles. The van der Waals surface area contributed by atoms with Crippen LogP contribution < -0.4 is 0 Å². The summed E-state index contributed by atoms with van der Waals surface area (Å²) in [7, 11) is 0. The molecule has 0 atom stereocenters. The summed E-state index contributed by atoms with van der Waals surface area (Å²) >= 11 is 0. The minimum atomic E-state index is 0.0653. The first kappa shape index (κ1) is 12.7. The van der Waals surface area contributed by atoms with Gasteiger partial charge in [0.15, 0.2) is 0 Å². The Balaban J connectivity index is 1.86. The van der Waals surface area contributed by atoms with Gasteiger partial charge in [0.1, 0.15) is 12.1 Å². The highest BCUT2D eigenvalue weighted by Gasteiger charge is 2.25. The van der Waals surface area contributed by atoms with Gasteiger partial charge in [0.2, 0.25) is 5.91 Å². The molecule has 1 aliphatic rings. The van der Waals surface area contributed by atoms with E-state index in [1.165, 1.54) is 6.33 Å². The smallest absolute Gasteiger partial charge is 0.219 e. The lowest BCUT2D eigenvalue weighted by Gasteiger charge is -2.30. The lowest BCUT2D eigenvalue weighted by molar-refractivity contribution is -0.133. The van der Waals surface area contributed by atoms with Crippen molar-refractivity contribution in [1.29, 1.82) is 0 Å². The van der Waals surface area contributed by atoms with Gasteiger partial charge in [0, 0.05) is 38.5 Å². The lowest BCUT2D eigenvalue weighted by atomic mass is 9.90. The van der Waals surface area contributed by atoms with Gasteiger partial charge in [-0.05, 0) is 18.9 Å². The van der Waals surface area contributed by atoms with E-state index in [4.69, 9.17) is 0 Å². The summed E-state index contributed by atoms with van der Waals surface area (Å²) < 4.78 is 0. The van der Waals surface area contributed by atoms with Crippen LogP contribution in [0.3, 0.4) is 0 Å². The molecule has 2 rings (SSSR count). The Bertz CT molecular complexity index is 425. The number of carbonyl (C=O) groups is 2. The van der Waals surface area contributed by atoms with Crippen molar-refractivity contribution in [1.82, 2.24) is 14.9 Å². The first-order valence-corrected chi connectivity index (χ1v) is 6.20. The van der Waals surface area contributed by atoms with Crippen LogP contribution in [0, 0.1) is 5.92 Å². The van der Waals surface area contributed by atoms with Crippen LogP contribution in [-0.2, 0) is 16.0 Å². The molecule has 1 amide bonds. The molecule has 0 spiro atoms. The van der Waals surface area contributed by atoms with Crippen LogP contribution in [-0.4, -0.2) is 39.6 Å². The predicted octanol–water partition coefficient (Wildman–Crippen LogP) is 0.847. The zero-order valence-electron chi connectivity index (χ0n) is 10.5. The van der Waals surface area contributed by atoms with Crippen LogP contribution in [0.5, 0.6) is 0 Å². The standard InChI is InChI=1S/C13H17N3O2/c1-10(17)16-6-3-11(4-7-16)13(18)8-12-2-5-14-9-15-12/h2,5,9,11H,3-4,6-8H2,1H3. The Labute approximate surface area is 106 Å². The first-order chi connectivity index (χ1) is 8.66. The number of aromatic nitrogens is 2. The van der Waals surface area contributed by atoms with Crippen molar-refractivity contribution in [2.75, 3.05) is 13.1 Å². The predicted molar refractivity (Wildman–Crippen MR) is 65.7 cm³/mol. The Kier molecular flexibility index (Phi) is 4.02. The normalized spacial score (nSPS) is 16.6. The summed E-state index contributed by atoms with van der Waals surface area (Å²) in [6.45, 7) is 2.95. The third-order valence-corrected chi connectivity index (χ3v) is 3.39. The van der Waals surface area contributed by atoms with Crippen molar-refractivity contribution >= 4 is 11.7 Å². The van der Waals surface area contributed by atoms with E-state index in [0.717, 1.165) is 18.5 Å². The fraction of sp³-hybridized carbons (Fsp3) is 0.538. The summed E-state index contributed by atoms with van der Waals surface area (Å²) in [6, 6.07) is 1.77. The Morgan fingerprint density at radius 2 is 2.11 bits per heavy atom. The van der Waals surface area contributed by atoms with Gasteiger partial charge < -0.3 is 4.90 Å². The van der Waals surface area contributed by atoms with Crippen LogP contribution in [0.1, 0.15) is 25.5 Å². The molecular formula is C13H17N3O2. The average molecular weight is 247 g/mol. The summed E-state index contributed by atoms with van der Waals surface area (Å²) in [6.07, 6.45) is 5.01. The number of nitrogens with zero attached hydrogens (tertiary/aromatic N) is 3. The molecule has 0 radical (unpaired) electrons. The molecule has 0 bridgehead atoms. The van der Waals surface area contributed by atoms with E-state index in [2.05, 4.69) is 9.97 Å². The van der Waals surface area contributed by atoms with Gasteiger partial charge in [-0.25, -0.2) is 9.97 Å². The quantitative estimate of drug-likeness (QED) is 0.794. The number of ketones is 1. The minimum absolute atomic E-state index is 0.0653. The van der Waals surface area contributed by atoms with E-state index in [1.807, 2.05) is 0 Å². The highest BCUT2D eigenvalue weighted by molar-refractivity contribution is 5.83. The molecule has 18 heavy (non-hydrogen) atoms. The molecule has 0 unspecified atom stereocenters. The summed E-state index contributed by atoms with van der Waals surface area (Å²) in [5, 5.41) is 0. The highest BCUT2D eigenvalue weighted by Crippen LogP contribution is 2.19. The number of hydrogen-bond donors (Lipinski definition) is 0. The van der Waals surface area contributed by atoms with E-state index in [1.54, 1.807) is 24.1 Å². The molecule has 2 heterocycles. The number of rotatable bonds is 3. The van der Waals surface area contributed by atoms with E-state index >= 15 is 0 Å². The molecule has 96 valence electrons. The van der Waals surface area contributed by atoms with Crippen molar-refractivity contribution in [3.8, 4) is 0 Å². The van der Waals surface area contributed by atoms with Crippen LogP contribution >= 0.6 is 0 Å². The molecule has 1 aromatic rings. The molecule has 1 aliphatic heterocycles. The third kappa shape index (κ3) is 3.12. The maximum absolute atomic E-state index is 12.1. The number of likely N-dealkylation sites (tertiary alicyclic amines) is 1. The number of carbonyl (C=O) groups excluding carboxylic acids is 2. The summed E-state index contributed by atoms with van der Waals surface area (Å²) in [4.78, 5) is 33.0. The van der Waals surface area contributed by atoms with Crippen LogP contribution in [0.4, 0.5) is 0 Å². The molecule has 0 N–H and O–H groups in total. The zero-order chi connectivity index (χ0) is 13.0. The molecule has 5 nitrogen and oxygen atoms in total. The van der Waals surface area contributed by atoms with Crippen molar-refractivity contribution in [2.24, 2.45) is 5.92 Å². The van der Waals surface area contributed by atoms with E-state index in [0.29, 0.717) is 19.5 Å². The monoisotopic (exact) mass is 247 g/mol. The number of Topliss-reactive ketones (excluding diaryl/α,β-unsaturated/α-hetero) is 1. The SMILES string of the molecule is CC(=O)N1CCC(C(=O)Cc2ccncn2)CC1. The number of amides is 1. The fourth-order valence-electron chi connectivity index (χ4n) is 2.26. The van der Waals surface area contributed by atoms with Crippen molar-refractivity contribution in [2.45, 2.75) is 26.2 Å². The van der Waals surface area contributed by atoms with Crippen LogP contribution in [0.15, 0.2) is 18.6 Å². The second-order valence-corrected chi connectivity index (χ2v) is 4.62. The summed E-state index contributed by atoms with van der Waals surface area (Å²) in [5.74, 6) is 0.379. The molecule has 1 fully saturated rings. The molecule has 0 aliphatic carbocycles.